The van der Waals surface area contributed by atoms with Gasteiger partial charge in [-0.3, -0.25) is 4.57 Å². The first-order valence-corrected chi connectivity index (χ1v) is 6.85. The van der Waals surface area contributed by atoms with Crippen molar-refractivity contribution >= 4 is 5.78 Å². The molecule has 2 aromatic rings. The third-order valence-electron chi connectivity index (χ3n) is 3.90. The Morgan fingerprint density at radius 1 is 1.33 bits per heavy atom. The second-order valence-electron chi connectivity index (χ2n) is 5.26. The summed E-state index contributed by atoms with van der Waals surface area (Å²) in [6.07, 6.45) is 8.63. The number of hydrogen-bond donors (Lipinski definition) is 1. The van der Waals surface area contributed by atoms with Gasteiger partial charge in [0.25, 0.3) is 0 Å². The largest absolute Gasteiger partial charge is 0.314 e. The van der Waals surface area contributed by atoms with E-state index in [1.54, 1.807) is 0 Å². The molecule has 1 aliphatic carbocycles. The number of imidazole rings is 1. The summed E-state index contributed by atoms with van der Waals surface area (Å²) in [5, 5.41) is 7.85. The highest BCUT2D eigenvalue weighted by Crippen LogP contribution is 2.31. The molecule has 18 heavy (non-hydrogen) atoms. The van der Waals surface area contributed by atoms with Gasteiger partial charge in [-0.15, -0.1) is 0 Å². The molecule has 0 saturated heterocycles. The number of fused-ring (bicyclic) bond motifs is 1. The molecule has 1 N–H and O–H groups in total. The molecule has 0 unspecified atom stereocenters. The summed E-state index contributed by atoms with van der Waals surface area (Å²) in [6, 6.07) is 0. The van der Waals surface area contributed by atoms with Gasteiger partial charge in [0.15, 0.2) is 0 Å². The second-order valence-corrected chi connectivity index (χ2v) is 5.26. The van der Waals surface area contributed by atoms with Crippen LogP contribution < -0.4 is 5.32 Å². The molecule has 3 rings (SSSR count). The first-order chi connectivity index (χ1) is 8.79. The maximum atomic E-state index is 4.73. The van der Waals surface area contributed by atoms with Crippen LogP contribution in [0.4, 0.5) is 0 Å². The van der Waals surface area contributed by atoms with Crippen molar-refractivity contribution in [2.45, 2.75) is 44.6 Å². The molecule has 2 aromatic heterocycles. The van der Waals surface area contributed by atoms with Crippen molar-refractivity contribution in [2.75, 3.05) is 7.05 Å². The van der Waals surface area contributed by atoms with E-state index in [4.69, 9.17) is 5.10 Å². The van der Waals surface area contributed by atoms with Gasteiger partial charge in [0.2, 0.25) is 5.78 Å². The van der Waals surface area contributed by atoms with Crippen molar-refractivity contribution in [3.63, 3.8) is 0 Å². The summed E-state index contributed by atoms with van der Waals surface area (Å²) >= 11 is 0. The fourth-order valence-electron chi connectivity index (χ4n) is 2.97. The van der Waals surface area contributed by atoms with Crippen LogP contribution in [0.5, 0.6) is 0 Å². The average Bonchev–Trinajstić information content (AvgIpc) is 2.91. The van der Waals surface area contributed by atoms with Crippen molar-refractivity contribution < 1.29 is 0 Å². The van der Waals surface area contributed by atoms with Crippen molar-refractivity contribution in [1.82, 2.24) is 24.5 Å². The number of nitrogens with one attached hydrogen (secondary N) is 1. The molecule has 98 valence electrons. The van der Waals surface area contributed by atoms with Gasteiger partial charge in [0.05, 0.1) is 11.9 Å². The summed E-state index contributed by atoms with van der Waals surface area (Å²) in [4.78, 5) is 4.62. The van der Waals surface area contributed by atoms with E-state index < -0.39 is 0 Å². The Bertz CT molecular complexity index is 533. The predicted octanol–water partition coefficient (Wildman–Crippen LogP) is 1.83. The molecule has 1 aliphatic rings. The summed E-state index contributed by atoms with van der Waals surface area (Å²) < 4.78 is 4.09. The van der Waals surface area contributed by atoms with Gasteiger partial charge in [-0.25, -0.2) is 9.50 Å². The standard InChI is InChI=1S/C13H21N5/c1-14-8-11-9-18-13(15-11)17(2)12(16-18)10-6-4-3-5-7-10/h9-10,14H,3-8H2,1-2H3. The topological polar surface area (TPSA) is 47.1 Å². The van der Waals surface area contributed by atoms with Crippen LogP contribution in [0.3, 0.4) is 0 Å². The van der Waals surface area contributed by atoms with Crippen LogP contribution in [0, 0.1) is 0 Å². The lowest BCUT2D eigenvalue weighted by Gasteiger charge is -2.20. The number of aromatic nitrogens is 4. The van der Waals surface area contributed by atoms with Crippen molar-refractivity contribution in [3.05, 3.63) is 17.7 Å². The molecule has 5 nitrogen and oxygen atoms in total. The lowest BCUT2D eigenvalue weighted by atomic mass is 9.89. The van der Waals surface area contributed by atoms with E-state index in [2.05, 4.69) is 21.9 Å². The fourth-order valence-corrected chi connectivity index (χ4v) is 2.97. The molecule has 0 spiro atoms. The lowest BCUT2D eigenvalue weighted by molar-refractivity contribution is 0.420. The molecule has 1 saturated carbocycles. The Kier molecular flexibility index (Phi) is 3.07. The molecule has 0 bridgehead atoms. The van der Waals surface area contributed by atoms with Crippen LogP contribution in [-0.4, -0.2) is 26.2 Å². The minimum absolute atomic E-state index is 0.623. The SMILES string of the molecule is CNCc1cn2nc(C3CCCCC3)n(C)c2n1. The predicted molar refractivity (Wildman–Crippen MR) is 70.5 cm³/mol. The molecule has 0 radical (unpaired) electrons. The van der Waals surface area contributed by atoms with Gasteiger partial charge in [-0.2, -0.15) is 5.10 Å². The third kappa shape index (κ3) is 1.92. The van der Waals surface area contributed by atoms with Gasteiger partial charge in [0, 0.05) is 19.5 Å². The maximum absolute atomic E-state index is 4.73. The highest BCUT2D eigenvalue weighted by atomic mass is 15.4. The zero-order valence-corrected chi connectivity index (χ0v) is 11.2. The Morgan fingerprint density at radius 3 is 2.78 bits per heavy atom. The van der Waals surface area contributed by atoms with Gasteiger partial charge in [-0.1, -0.05) is 19.3 Å². The molecule has 5 heteroatoms. The minimum Gasteiger partial charge on any atom is -0.314 e. The zero-order chi connectivity index (χ0) is 12.5. The molecule has 0 aliphatic heterocycles. The van der Waals surface area contributed by atoms with E-state index in [9.17, 15) is 0 Å². The first kappa shape index (κ1) is 11.7. The molecular formula is C13H21N5. The van der Waals surface area contributed by atoms with Crippen molar-refractivity contribution in [3.8, 4) is 0 Å². The highest BCUT2D eigenvalue weighted by molar-refractivity contribution is 5.32. The molecule has 0 amide bonds. The number of nitrogens with zero attached hydrogens (tertiary/aromatic N) is 4. The van der Waals surface area contributed by atoms with Crippen LogP contribution in [-0.2, 0) is 13.6 Å². The van der Waals surface area contributed by atoms with E-state index >= 15 is 0 Å². The Morgan fingerprint density at radius 2 is 2.11 bits per heavy atom. The first-order valence-electron chi connectivity index (χ1n) is 6.85. The van der Waals surface area contributed by atoms with Crippen LogP contribution in [0.15, 0.2) is 6.20 Å². The maximum Gasteiger partial charge on any atom is 0.232 e. The molecular weight excluding hydrogens is 226 g/mol. The van der Waals surface area contributed by atoms with Crippen LogP contribution in [0.2, 0.25) is 0 Å². The number of rotatable bonds is 3. The van der Waals surface area contributed by atoms with Crippen LogP contribution in [0.25, 0.3) is 5.78 Å². The van der Waals surface area contributed by atoms with Crippen molar-refractivity contribution in [2.24, 2.45) is 7.05 Å². The average molecular weight is 247 g/mol. The Labute approximate surface area is 107 Å². The zero-order valence-electron chi connectivity index (χ0n) is 11.2. The summed E-state index contributed by atoms with van der Waals surface area (Å²) in [5.41, 5.74) is 1.05. The normalized spacial score (nSPS) is 17.7. The quantitative estimate of drug-likeness (QED) is 0.900. The van der Waals surface area contributed by atoms with Gasteiger partial charge >= 0.3 is 0 Å². The number of hydrogen-bond acceptors (Lipinski definition) is 3. The van der Waals surface area contributed by atoms with Crippen LogP contribution in [0.1, 0.15) is 49.5 Å². The Hall–Kier alpha value is -1.36. The minimum atomic E-state index is 0.623. The van der Waals surface area contributed by atoms with E-state index in [0.717, 1.165) is 18.0 Å². The van der Waals surface area contributed by atoms with E-state index in [0.29, 0.717) is 5.92 Å². The molecule has 0 atom stereocenters. The van der Waals surface area contributed by atoms with E-state index in [1.165, 1.54) is 37.9 Å². The van der Waals surface area contributed by atoms with Gasteiger partial charge in [-0.05, 0) is 19.9 Å². The van der Waals surface area contributed by atoms with Crippen molar-refractivity contribution in [1.29, 1.82) is 0 Å². The fraction of sp³-hybridized carbons (Fsp3) is 0.692. The van der Waals surface area contributed by atoms with E-state index in [-0.39, 0.29) is 0 Å². The lowest BCUT2D eigenvalue weighted by Crippen LogP contribution is -2.11. The summed E-state index contributed by atoms with van der Waals surface area (Å²) in [6.45, 7) is 0.794. The highest BCUT2D eigenvalue weighted by Gasteiger charge is 2.22. The second kappa shape index (κ2) is 4.72. The summed E-state index contributed by atoms with van der Waals surface area (Å²) in [7, 11) is 4.02. The molecule has 1 fully saturated rings. The van der Waals surface area contributed by atoms with Gasteiger partial charge < -0.3 is 5.32 Å². The van der Waals surface area contributed by atoms with Gasteiger partial charge in [0.1, 0.15) is 5.82 Å². The van der Waals surface area contributed by atoms with Crippen LogP contribution >= 0.6 is 0 Å². The third-order valence-corrected chi connectivity index (χ3v) is 3.90. The molecule has 0 aromatic carbocycles. The smallest absolute Gasteiger partial charge is 0.232 e. The monoisotopic (exact) mass is 247 g/mol. The van der Waals surface area contributed by atoms with E-state index in [1.807, 2.05) is 17.8 Å². The summed E-state index contributed by atoms with van der Waals surface area (Å²) in [5.74, 6) is 2.78. The number of aryl methyl sites for hydroxylation is 1. The Balaban J connectivity index is 1.93. The molecule has 2 heterocycles.